The van der Waals surface area contributed by atoms with E-state index in [-0.39, 0.29) is 29.8 Å². The van der Waals surface area contributed by atoms with Crippen molar-refractivity contribution in [2.45, 2.75) is 64.0 Å². The zero-order valence-corrected chi connectivity index (χ0v) is 18.8. The molecule has 0 radical (unpaired) electrons. The number of carbonyl (C=O) groups is 2. The van der Waals surface area contributed by atoms with Crippen molar-refractivity contribution in [2.24, 2.45) is 5.92 Å². The van der Waals surface area contributed by atoms with E-state index in [2.05, 4.69) is 17.9 Å². The van der Waals surface area contributed by atoms with Crippen molar-refractivity contribution in [1.29, 1.82) is 0 Å². The molecule has 5 nitrogen and oxygen atoms in total. The Morgan fingerprint density at radius 3 is 2.30 bits per heavy atom. The molecule has 1 aromatic rings. The molecule has 0 N–H and O–H groups in total. The van der Waals surface area contributed by atoms with Crippen LogP contribution in [0.4, 0.5) is 0 Å². The first kappa shape index (κ1) is 21.6. The molecule has 0 bridgehead atoms. The predicted molar refractivity (Wildman–Crippen MR) is 119 cm³/mol. The zero-order valence-electron chi connectivity index (χ0n) is 18.1. The van der Waals surface area contributed by atoms with Gasteiger partial charge in [-0.15, -0.1) is 0 Å². The maximum Gasteiger partial charge on any atom is 0.245 e. The van der Waals surface area contributed by atoms with E-state index < -0.39 is 0 Å². The highest BCUT2D eigenvalue weighted by molar-refractivity contribution is 6.31. The number of benzene rings is 1. The molecule has 2 amide bonds. The van der Waals surface area contributed by atoms with Gasteiger partial charge in [-0.3, -0.25) is 14.5 Å². The monoisotopic (exact) mass is 431 g/mol. The van der Waals surface area contributed by atoms with Crippen LogP contribution in [0.3, 0.4) is 0 Å². The van der Waals surface area contributed by atoms with E-state index in [4.69, 9.17) is 11.6 Å². The van der Waals surface area contributed by atoms with Gasteiger partial charge in [-0.25, -0.2) is 0 Å². The molecule has 0 aromatic heterocycles. The summed E-state index contributed by atoms with van der Waals surface area (Å²) in [5.41, 5.74) is 1.14. The number of likely N-dealkylation sites (tertiary alicyclic amines) is 1. The third-order valence-corrected chi connectivity index (χ3v) is 7.65. The van der Waals surface area contributed by atoms with Crippen molar-refractivity contribution in [1.82, 2.24) is 14.7 Å². The third-order valence-electron chi connectivity index (χ3n) is 7.30. The van der Waals surface area contributed by atoms with Crippen molar-refractivity contribution < 1.29 is 9.59 Å². The molecular weight excluding hydrogens is 398 g/mol. The van der Waals surface area contributed by atoms with Crippen molar-refractivity contribution in [3.05, 3.63) is 34.9 Å². The average molecular weight is 432 g/mol. The number of nitrogens with zero attached hydrogens (tertiary/aromatic N) is 3. The van der Waals surface area contributed by atoms with E-state index in [1.54, 1.807) is 0 Å². The molecule has 3 fully saturated rings. The minimum atomic E-state index is -0.244. The molecule has 2 heterocycles. The normalized spacial score (nSPS) is 24.8. The zero-order chi connectivity index (χ0) is 21.1. The molecule has 2 atom stereocenters. The topological polar surface area (TPSA) is 43.9 Å². The maximum absolute atomic E-state index is 13.3. The number of amides is 2. The maximum atomic E-state index is 13.3. The first-order valence-electron chi connectivity index (χ1n) is 11.6. The molecule has 4 rings (SSSR count). The summed E-state index contributed by atoms with van der Waals surface area (Å²) in [5.74, 6) is 0.527. The highest BCUT2D eigenvalue weighted by Gasteiger charge is 2.39. The Bertz CT molecular complexity index is 757. The van der Waals surface area contributed by atoms with Crippen LogP contribution in [0.5, 0.6) is 0 Å². The lowest BCUT2D eigenvalue weighted by Gasteiger charge is -2.40. The highest BCUT2D eigenvalue weighted by Crippen LogP contribution is 2.31. The first-order valence-corrected chi connectivity index (χ1v) is 12.0. The molecule has 2 aliphatic heterocycles. The van der Waals surface area contributed by atoms with Gasteiger partial charge in [0.15, 0.2) is 0 Å². The highest BCUT2D eigenvalue weighted by atomic mass is 35.5. The van der Waals surface area contributed by atoms with Crippen molar-refractivity contribution in [3.63, 3.8) is 0 Å². The van der Waals surface area contributed by atoms with Crippen LogP contribution in [0, 0.1) is 5.92 Å². The molecule has 30 heavy (non-hydrogen) atoms. The first-order chi connectivity index (χ1) is 14.6. The summed E-state index contributed by atoms with van der Waals surface area (Å²) in [5, 5.41) is 0.798. The van der Waals surface area contributed by atoms with Crippen LogP contribution < -0.4 is 0 Å². The molecule has 1 saturated carbocycles. The summed E-state index contributed by atoms with van der Waals surface area (Å²) < 4.78 is 0. The van der Waals surface area contributed by atoms with Crippen molar-refractivity contribution in [3.8, 4) is 0 Å². The van der Waals surface area contributed by atoms with Gasteiger partial charge in [-0.2, -0.15) is 0 Å². The Hall–Kier alpha value is -1.59. The van der Waals surface area contributed by atoms with Crippen LogP contribution in [-0.4, -0.2) is 65.3 Å². The smallest absolute Gasteiger partial charge is 0.245 e. The summed E-state index contributed by atoms with van der Waals surface area (Å²) in [6, 6.07) is 7.98. The molecule has 2 saturated heterocycles. The van der Waals surface area contributed by atoms with Gasteiger partial charge in [0.1, 0.15) is 6.04 Å². The van der Waals surface area contributed by atoms with Gasteiger partial charge in [-0.05, 0) is 44.2 Å². The van der Waals surface area contributed by atoms with E-state index >= 15 is 0 Å². The second-order valence-electron chi connectivity index (χ2n) is 9.08. The fourth-order valence-corrected chi connectivity index (χ4v) is 5.72. The van der Waals surface area contributed by atoms with Gasteiger partial charge in [0.05, 0.1) is 0 Å². The number of hydrogen-bond donors (Lipinski definition) is 0. The minimum absolute atomic E-state index is 0.139. The largest absolute Gasteiger partial charge is 0.338 e. The second kappa shape index (κ2) is 9.69. The number of piperazine rings is 1. The number of carbonyl (C=O) groups excluding carboxylic acids is 2. The quantitative estimate of drug-likeness (QED) is 0.720. The summed E-state index contributed by atoms with van der Waals surface area (Å²) in [6.07, 6.45) is 7.28. The molecule has 6 heteroatoms. The summed E-state index contributed by atoms with van der Waals surface area (Å²) in [6.45, 7) is 6.03. The van der Waals surface area contributed by atoms with E-state index in [9.17, 15) is 9.59 Å². The Morgan fingerprint density at radius 1 is 0.900 bits per heavy atom. The van der Waals surface area contributed by atoms with E-state index in [0.29, 0.717) is 0 Å². The number of rotatable bonds is 4. The van der Waals surface area contributed by atoms with E-state index in [1.807, 2.05) is 28.0 Å². The summed E-state index contributed by atoms with van der Waals surface area (Å²) in [7, 11) is 0. The Balaban J connectivity index is 1.34. The lowest BCUT2D eigenvalue weighted by atomic mass is 9.88. The van der Waals surface area contributed by atoms with E-state index in [0.717, 1.165) is 81.8 Å². The minimum Gasteiger partial charge on any atom is -0.338 e. The fraction of sp³-hybridized carbons (Fsp3) is 0.667. The predicted octanol–water partition coefficient (Wildman–Crippen LogP) is 4.12. The molecule has 0 spiro atoms. The average Bonchev–Trinajstić information content (AvgIpc) is 3.28. The van der Waals surface area contributed by atoms with Gasteiger partial charge in [0, 0.05) is 49.7 Å². The Morgan fingerprint density at radius 2 is 1.60 bits per heavy atom. The number of halogens is 1. The van der Waals surface area contributed by atoms with E-state index in [1.165, 1.54) is 6.42 Å². The van der Waals surface area contributed by atoms with Crippen LogP contribution in [0.15, 0.2) is 24.3 Å². The van der Waals surface area contributed by atoms with Crippen LogP contribution in [0.2, 0.25) is 5.02 Å². The van der Waals surface area contributed by atoms with Crippen molar-refractivity contribution in [2.75, 3.05) is 32.7 Å². The van der Waals surface area contributed by atoms with Gasteiger partial charge >= 0.3 is 0 Å². The molecule has 3 aliphatic rings. The Kier molecular flexibility index (Phi) is 6.99. The molecule has 1 aliphatic carbocycles. The SMILES string of the molecule is CC(c1ccccc1Cl)N1CCN(C(=O)C2CCCN2C(=O)C2CCCCC2)CC1. The van der Waals surface area contributed by atoms with Gasteiger partial charge in [-0.1, -0.05) is 49.1 Å². The second-order valence-corrected chi connectivity index (χ2v) is 9.49. The lowest BCUT2D eigenvalue weighted by Crippen LogP contribution is -2.55. The van der Waals surface area contributed by atoms with Crippen LogP contribution >= 0.6 is 11.6 Å². The standard InChI is InChI=1S/C24H34ClN3O2/c1-18(20-10-5-6-11-21(20)25)26-14-16-27(17-15-26)24(30)22-12-7-13-28(22)23(29)19-8-3-2-4-9-19/h5-6,10-11,18-19,22H,2-4,7-9,12-17H2,1H3. The van der Waals surface area contributed by atoms with Crippen LogP contribution in [-0.2, 0) is 9.59 Å². The van der Waals surface area contributed by atoms with Gasteiger partial charge < -0.3 is 9.80 Å². The Labute approximate surface area is 185 Å². The fourth-order valence-electron chi connectivity index (χ4n) is 5.42. The number of hydrogen-bond acceptors (Lipinski definition) is 3. The summed E-state index contributed by atoms with van der Waals surface area (Å²) in [4.78, 5) is 32.6. The van der Waals surface area contributed by atoms with Crippen molar-refractivity contribution >= 4 is 23.4 Å². The van der Waals surface area contributed by atoms with Crippen LogP contribution in [0.25, 0.3) is 0 Å². The van der Waals surface area contributed by atoms with Gasteiger partial charge in [0.25, 0.3) is 0 Å². The van der Waals surface area contributed by atoms with Gasteiger partial charge in [0.2, 0.25) is 11.8 Å². The molecule has 164 valence electrons. The molecule has 1 aromatic carbocycles. The third kappa shape index (κ3) is 4.52. The van der Waals surface area contributed by atoms with Crippen LogP contribution in [0.1, 0.15) is 63.5 Å². The molecule has 2 unspecified atom stereocenters. The molecular formula is C24H34ClN3O2. The summed E-state index contributed by atoms with van der Waals surface area (Å²) >= 11 is 6.38. The lowest BCUT2D eigenvalue weighted by molar-refractivity contribution is -0.147.